The van der Waals surface area contributed by atoms with E-state index in [0.29, 0.717) is 12.0 Å². The summed E-state index contributed by atoms with van der Waals surface area (Å²) in [6.07, 6.45) is -4.19. The summed E-state index contributed by atoms with van der Waals surface area (Å²) in [7, 11) is 0. The molecule has 0 fully saturated rings. The predicted molar refractivity (Wildman–Crippen MR) is 69.2 cm³/mol. The van der Waals surface area contributed by atoms with Crippen LogP contribution in [0.15, 0.2) is 18.2 Å². The van der Waals surface area contributed by atoms with Crippen LogP contribution in [-0.2, 0) is 6.42 Å². The molecular formula is C14H19F4NO. The second-order valence-corrected chi connectivity index (χ2v) is 4.67. The van der Waals surface area contributed by atoms with Gasteiger partial charge in [0.25, 0.3) is 0 Å². The Bertz CT molecular complexity index is 420. The third-order valence-corrected chi connectivity index (χ3v) is 2.91. The van der Waals surface area contributed by atoms with E-state index in [9.17, 15) is 17.6 Å². The normalized spacial score (nSPS) is 13.3. The van der Waals surface area contributed by atoms with E-state index in [1.165, 1.54) is 12.1 Å². The van der Waals surface area contributed by atoms with Crippen LogP contribution in [0.1, 0.15) is 31.7 Å². The molecule has 0 radical (unpaired) electrons. The molecule has 2 N–H and O–H groups in total. The van der Waals surface area contributed by atoms with Crippen molar-refractivity contribution in [1.82, 2.24) is 0 Å². The van der Waals surface area contributed by atoms with Crippen molar-refractivity contribution >= 4 is 0 Å². The first-order valence-corrected chi connectivity index (χ1v) is 6.56. The average molecular weight is 293 g/mol. The van der Waals surface area contributed by atoms with Gasteiger partial charge in [0, 0.05) is 12.5 Å². The van der Waals surface area contributed by atoms with Gasteiger partial charge in [-0.25, -0.2) is 4.39 Å². The van der Waals surface area contributed by atoms with E-state index >= 15 is 0 Å². The quantitative estimate of drug-likeness (QED) is 0.612. The summed E-state index contributed by atoms with van der Waals surface area (Å²) in [5.74, 6) is -0.559. The van der Waals surface area contributed by atoms with Gasteiger partial charge in [0.1, 0.15) is 0 Å². The lowest BCUT2D eigenvalue weighted by molar-refractivity contribution is -0.136. The van der Waals surface area contributed by atoms with Crippen LogP contribution in [0.25, 0.3) is 0 Å². The first kappa shape index (κ1) is 16.8. The third kappa shape index (κ3) is 5.77. The highest BCUT2D eigenvalue weighted by molar-refractivity contribution is 5.35. The molecular weight excluding hydrogens is 274 g/mol. The summed E-state index contributed by atoms with van der Waals surface area (Å²) in [4.78, 5) is 0. The molecule has 0 heterocycles. The fourth-order valence-electron chi connectivity index (χ4n) is 1.75. The van der Waals surface area contributed by atoms with Crippen molar-refractivity contribution < 1.29 is 22.3 Å². The number of benzene rings is 1. The number of rotatable bonds is 7. The molecule has 114 valence electrons. The molecule has 0 aliphatic heterocycles. The second kappa shape index (κ2) is 7.47. The van der Waals surface area contributed by atoms with Crippen molar-refractivity contribution in [3.05, 3.63) is 29.6 Å². The Morgan fingerprint density at radius 2 is 2.00 bits per heavy atom. The number of nitrogens with two attached hydrogens (primary N) is 1. The molecule has 1 rings (SSSR count). The van der Waals surface area contributed by atoms with Crippen molar-refractivity contribution in [3.8, 4) is 5.75 Å². The minimum absolute atomic E-state index is 0.0126. The summed E-state index contributed by atoms with van der Waals surface area (Å²) in [6, 6.07) is 4.31. The number of para-hydroxylation sites is 1. The van der Waals surface area contributed by atoms with Gasteiger partial charge in [0.2, 0.25) is 0 Å². The van der Waals surface area contributed by atoms with E-state index < -0.39 is 18.4 Å². The Hall–Kier alpha value is -1.30. The maximum absolute atomic E-state index is 13.7. The maximum Gasteiger partial charge on any atom is 0.389 e. The molecule has 0 aromatic heterocycles. The van der Waals surface area contributed by atoms with Crippen LogP contribution in [-0.4, -0.2) is 18.8 Å². The summed E-state index contributed by atoms with van der Waals surface area (Å²) >= 11 is 0. The Kier molecular flexibility index (Phi) is 6.26. The van der Waals surface area contributed by atoms with E-state index in [0.717, 1.165) is 6.42 Å². The summed E-state index contributed by atoms with van der Waals surface area (Å²) in [5.41, 5.74) is 6.40. The number of halogens is 4. The number of hydrogen-bond acceptors (Lipinski definition) is 2. The Balaban J connectivity index is 2.63. The lowest BCUT2D eigenvalue weighted by Crippen LogP contribution is -2.22. The van der Waals surface area contributed by atoms with Gasteiger partial charge < -0.3 is 10.5 Å². The zero-order valence-electron chi connectivity index (χ0n) is 11.3. The smallest absolute Gasteiger partial charge is 0.389 e. The molecule has 1 aromatic rings. The van der Waals surface area contributed by atoms with E-state index in [-0.39, 0.29) is 24.8 Å². The molecule has 1 aromatic carbocycles. The zero-order valence-corrected chi connectivity index (χ0v) is 11.3. The minimum Gasteiger partial charge on any atom is -0.490 e. The minimum atomic E-state index is -4.22. The monoisotopic (exact) mass is 293 g/mol. The van der Waals surface area contributed by atoms with Gasteiger partial charge in [-0.05, 0) is 30.9 Å². The molecule has 0 bridgehead atoms. The number of hydrogen-bond donors (Lipinski definition) is 1. The van der Waals surface area contributed by atoms with E-state index in [1.807, 2.05) is 6.92 Å². The van der Waals surface area contributed by atoms with Crippen LogP contribution in [0.3, 0.4) is 0 Å². The molecule has 0 amide bonds. The second-order valence-electron chi connectivity index (χ2n) is 4.67. The van der Waals surface area contributed by atoms with Gasteiger partial charge in [0.15, 0.2) is 11.6 Å². The highest BCUT2D eigenvalue weighted by Crippen LogP contribution is 2.26. The SMILES string of the molecule is CCC(N)Cc1cccc(F)c1OCCCC(F)(F)F. The van der Waals surface area contributed by atoms with Gasteiger partial charge in [-0.3, -0.25) is 0 Å². The van der Waals surface area contributed by atoms with Crippen LogP contribution in [0.5, 0.6) is 5.75 Å². The van der Waals surface area contributed by atoms with Crippen molar-refractivity contribution in [2.45, 2.75) is 44.8 Å². The van der Waals surface area contributed by atoms with Crippen molar-refractivity contribution in [1.29, 1.82) is 0 Å². The zero-order chi connectivity index (χ0) is 15.2. The molecule has 2 nitrogen and oxygen atoms in total. The van der Waals surface area contributed by atoms with Crippen molar-refractivity contribution in [2.24, 2.45) is 5.73 Å². The molecule has 20 heavy (non-hydrogen) atoms. The van der Waals surface area contributed by atoms with Crippen LogP contribution >= 0.6 is 0 Å². The standard InChI is InChI=1S/C14H19F4NO/c1-2-11(19)9-10-5-3-6-12(15)13(10)20-8-4-7-14(16,17)18/h3,5-6,11H,2,4,7-9,19H2,1H3. The highest BCUT2D eigenvalue weighted by Gasteiger charge is 2.26. The Morgan fingerprint density at radius 1 is 1.30 bits per heavy atom. The molecule has 0 aliphatic carbocycles. The molecule has 0 aliphatic rings. The summed E-state index contributed by atoms with van der Waals surface area (Å²) in [6.45, 7) is 1.74. The Labute approximate surface area is 115 Å². The molecule has 1 atom stereocenters. The summed E-state index contributed by atoms with van der Waals surface area (Å²) < 4.78 is 54.9. The van der Waals surface area contributed by atoms with Gasteiger partial charge in [-0.15, -0.1) is 0 Å². The molecule has 0 saturated carbocycles. The third-order valence-electron chi connectivity index (χ3n) is 2.91. The van der Waals surface area contributed by atoms with Crippen molar-refractivity contribution in [2.75, 3.05) is 6.61 Å². The van der Waals surface area contributed by atoms with E-state index in [4.69, 9.17) is 10.5 Å². The molecule has 1 unspecified atom stereocenters. The largest absolute Gasteiger partial charge is 0.490 e. The first-order valence-electron chi connectivity index (χ1n) is 6.56. The predicted octanol–water partition coefficient (Wildman–Crippen LogP) is 3.83. The fourth-order valence-corrected chi connectivity index (χ4v) is 1.75. The lowest BCUT2D eigenvalue weighted by atomic mass is 10.0. The van der Waals surface area contributed by atoms with Crippen LogP contribution in [0.4, 0.5) is 17.6 Å². The Morgan fingerprint density at radius 3 is 2.60 bits per heavy atom. The fraction of sp³-hybridized carbons (Fsp3) is 0.571. The maximum atomic E-state index is 13.7. The highest BCUT2D eigenvalue weighted by atomic mass is 19.4. The van der Waals surface area contributed by atoms with Gasteiger partial charge in [-0.1, -0.05) is 19.1 Å². The molecule has 0 spiro atoms. The van der Waals surface area contributed by atoms with Gasteiger partial charge in [0.05, 0.1) is 6.61 Å². The van der Waals surface area contributed by atoms with Crippen molar-refractivity contribution in [3.63, 3.8) is 0 Å². The van der Waals surface area contributed by atoms with Crippen LogP contribution < -0.4 is 10.5 Å². The van der Waals surface area contributed by atoms with Crippen LogP contribution in [0.2, 0.25) is 0 Å². The molecule has 6 heteroatoms. The van der Waals surface area contributed by atoms with Gasteiger partial charge in [-0.2, -0.15) is 13.2 Å². The molecule has 0 saturated heterocycles. The summed E-state index contributed by atoms with van der Waals surface area (Å²) in [5, 5.41) is 0. The number of ether oxygens (including phenoxy) is 1. The number of alkyl halides is 3. The van der Waals surface area contributed by atoms with Crippen LogP contribution in [0, 0.1) is 5.82 Å². The van der Waals surface area contributed by atoms with E-state index in [1.54, 1.807) is 6.07 Å². The van der Waals surface area contributed by atoms with Gasteiger partial charge >= 0.3 is 6.18 Å². The first-order chi connectivity index (χ1) is 9.33. The topological polar surface area (TPSA) is 35.2 Å². The van der Waals surface area contributed by atoms with E-state index in [2.05, 4.69) is 0 Å². The lowest BCUT2D eigenvalue weighted by Gasteiger charge is -2.15. The average Bonchev–Trinajstić information content (AvgIpc) is 2.35.